The minimum absolute atomic E-state index is 0.207. The molecule has 0 aromatic carbocycles. The van der Waals surface area contributed by atoms with E-state index in [0.717, 1.165) is 26.2 Å². The molecular weight excluding hydrogens is 218 g/mol. The molecule has 0 radical (unpaired) electrons. The lowest BCUT2D eigenvalue weighted by Crippen LogP contribution is -2.52. The molecule has 0 unspecified atom stereocenters. The number of carbonyl (C=O) groups is 1. The maximum Gasteiger partial charge on any atom is 0.284 e. The lowest BCUT2D eigenvalue weighted by molar-refractivity contribution is 0.0658. The van der Waals surface area contributed by atoms with Gasteiger partial charge in [-0.3, -0.25) is 15.2 Å². The van der Waals surface area contributed by atoms with Crippen molar-refractivity contribution < 1.29 is 4.79 Å². The Kier molecular flexibility index (Phi) is 3.55. The molecule has 0 spiro atoms. The van der Waals surface area contributed by atoms with Crippen LogP contribution in [-0.4, -0.2) is 54.0 Å². The summed E-state index contributed by atoms with van der Waals surface area (Å²) in [6, 6.07) is 3.23. The summed E-state index contributed by atoms with van der Waals surface area (Å²) in [6.45, 7) is 3.55. The highest BCUT2D eigenvalue weighted by Crippen LogP contribution is 2.03. The third kappa shape index (κ3) is 3.15. The first kappa shape index (κ1) is 11.8. The predicted molar refractivity (Wildman–Crippen MR) is 65.2 cm³/mol. The number of anilines is 1. The Morgan fingerprint density at radius 3 is 2.76 bits per heavy atom. The smallest absolute Gasteiger partial charge is 0.284 e. The van der Waals surface area contributed by atoms with Crippen LogP contribution in [0.4, 0.5) is 5.69 Å². The molecule has 1 saturated heterocycles. The lowest BCUT2D eigenvalue weighted by atomic mass is 10.3. The summed E-state index contributed by atoms with van der Waals surface area (Å²) in [7, 11) is 2.07. The first-order valence-corrected chi connectivity index (χ1v) is 5.61. The van der Waals surface area contributed by atoms with Gasteiger partial charge in [-0.2, -0.15) is 0 Å². The number of nitrogens with zero attached hydrogens (tertiary/aromatic N) is 3. The number of nitrogens with one attached hydrogen (secondary N) is 1. The molecule has 1 amide bonds. The zero-order chi connectivity index (χ0) is 12.3. The summed E-state index contributed by atoms with van der Waals surface area (Å²) in [5, 5.41) is 1.91. The van der Waals surface area contributed by atoms with Gasteiger partial charge in [-0.05, 0) is 19.2 Å². The van der Waals surface area contributed by atoms with Crippen molar-refractivity contribution in [2.24, 2.45) is 0 Å². The Hall–Kier alpha value is -1.66. The average molecular weight is 235 g/mol. The first-order chi connectivity index (χ1) is 8.15. The van der Waals surface area contributed by atoms with Crippen LogP contribution in [0.15, 0.2) is 18.3 Å². The molecule has 17 heavy (non-hydrogen) atoms. The zero-order valence-corrected chi connectivity index (χ0v) is 9.89. The first-order valence-electron chi connectivity index (χ1n) is 5.61. The molecule has 2 rings (SSSR count). The summed E-state index contributed by atoms with van der Waals surface area (Å²) < 4.78 is 0. The standard InChI is InChI=1S/C11H17N5O/c1-15-4-6-16(7-5-15)14-11(17)10-8-9(12)2-3-13-10/h2-3,8H,4-7H2,1H3,(H2,12,13)(H,14,17). The minimum Gasteiger partial charge on any atom is -0.399 e. The van der Waals surface area contributed by atoms with E-state index >= 15 is 0 Å². The quantitative estimate of drug-likeness (QED) is 0.726. The molecule has 1 aliphatic heterocycles. The van der Waals surface area contributed by atoms with E-state index < -0.39 is 0 Å². The molecular formula is C11H17N5O. The third-order valence-electron chi connectivity index (χ3n) is 2.78. The van der Waals surface area contributed by atoms with Gasteiger partial charge < -0.3 is 10.6 Å². The van der Waals surface area contributed by atoms with Crippen LogP contribution in [0.1, 0.15) is 10.5 Å². The van der Waals surface area contributed by atoms with Gasteiger partial charge in [0.1, 0.15) is 5.69 Å². The van der Waals surface area contributed by atoms with Gasteiger partial charge in [0, 0.05) is 38.1 Å². The second-order valence-corrected chi connectivity index (χ2v) is 4.21. The van der Waals surface area contributed by atoms with Crippen molar-refractivity contribution in [1.29, 1.82) is 0 Å². The van der Waals surface area contributed by atoms with Crippen molar-refractivity contribution in [1.82, 2.24) is 20.3 Å². The van der Waals surface area contributed by atoms with E-state index in [1.54, 1.807) is 12.1 Å². The molecule has 92 valence electrons. The Balaban J connectivity index is 1.93. The Morgan fingerprint density at radius 2 is 2.12 bits per heavy atom. The molecule has 0 atom stereocenters. The number of hydrogen-bond acceptors (Lipinski definition) is 5. The maximum atomic E-state index is 11.9. The summed E-state index contributed by atoms with van der Waals surface area (Å²) >= 11 is 0. The van der Waals surface area contributed by atoms with E-state index in [-0.39, 0.29) is 5.91 Å². The van der Waals surface area contributed by atoms with Crippen LogP contribution in [0.25, 0.3) is 0 Å². The van der Waals surface area contributed by atoms with Crippen LogP contribution in [0.2, 0.25) is 0 Å². The highest BCUT2D eigenvalue weighted by molar-refractivity contribution is 5.92. The van der Waals surface area contributed by atoms with Gasteiger partial charge in [-0.25, -0.2) is 5.01 Å². The van der Waals surface area contributed by atoms with E-state index in [4.69, 9.17) is 5.73 Å². The van der Waals surface area contributed by atoms with Gasteiger partial charge >= 0.3 is 0 Å². The number of carbonyl (C=O) groups excluding carboxylic acids is 1. The largest absolute Gasteiger partial charge is 0.399 e. The van der Waals surface area contributed by atoms with Gasteiger partial charge in [0.2, 0.25) is 0 Å². The van der Waals surface area contributed by atoms with Gasteiger partial charge in [0.15, 0.2) is 0 Å². The number of amides is 1. The second kappa shape index (κ2) is 5.11. The molecule has 0 bridgehead atoms. The van der Waals surface area contributed by atoms with Crippen LogP contribution in [0, 0.1) is 0 Å². The number of nitrogen functional groups attached to an aromatic ring is 1. The Labute approximate surface area is 100 Å². The fourth-order valence-corrected chi connectivity index (χ4v) is 1.69. The van der Waals surface area contributed by atoms with Crippen LogP contribution in [0.3, 0.4) is 0 Å². The lowest BCUT2D eigenvalue weighted by Gasteiger charge is -2.32. The highest BCUT2D eigenvalue weighted by atomic mass is 16.2. The number of rotatable bonds is 2. The van der Waals surface area contributed by atoms with Gasteiger partial charge in [-0.1, -0.05) is 0 Å². The number of piperazine rings is 1. The van der Waals surface area contributed by atoms with Crippen molar-refractivity contribution >= 4 is 11.6 Å². The molecule has 6 nitrogen and oxygen atoms in total. The van der Waals surface area contributed by atoms with Crippen molar-refractivity contribution in [2.75, 3.05) is 39.0 Å². The monoisotopic (exact) mass is 235 g/mol. The van der Waals surface area contributed by atoms with E-state index in [1.165, 1.54) is 6.20 Å². The Morgan fingerprint density at radius 1 is 1.41 bits per heavy atom. The van der Waals surface area contributed by atoms with Gasteiger partial charge in [-0.15, -0.1) is 0 Å². The van der Waals surface area contributed by atoms with Crippen LogP contribution >= 0.6 is 0 Å². The summed E-state index contributed by atoms with van der Waals surface area (Å²) in [4.78, 5) is 18.1. The number of hydrazine groups is 1. The minimum atomic E-state index is -0.207. The number of pyridine rings is 1. The Bertz CT molecular complexity index is 401. The van der Waals surface area contributed by atoms with Crippen molar-refractivity contribution in [3.05, 3.63) is 24.0 Å². The average Bonchev–Trinajstić information content (AvgIpc) is 2.32. The summed E-state index contributed by atoms with van der Waals surface area (Å²) in [5.74, 6) is -0.207. The van der Waals surface area contributed by atoms with Crippen molar-refractivity contribution in [2.45, 2.75) is 0 Å². The predicted octanol–water partition coefficient (Wildman–Crippen LogP) is -0.444. The van der Waals surface area contributed by atoms with E-state index in [2.05, 4.69) is 22.4 Å². The summed E-state index contributed by atoms with van der Waals surface area (Å²) in [6.07, 6.45) is 1.54. The SMILES string of the molecule is CN1CCN(NC(=O)c2cc(N)ccn2)CC1. The highest BCUT2D eigenvalue weighted by Gasteiger charge is 2.17. The molecule has 2 heterocycles. The fourth-order valence-electron chi connectivity index (χ4n) is 1.69. The topological polar surface area (TPSA) is 74.5 Å². The van der Waals surface area contributed by atoms with Gasteiger partial charge in [0.25, 0.3) is 5.91 Å². The number of hydrogen-bond donors (Lipinski definition) is 2. The van der Waals surface area contributed by atoms with Crippen LogP contribution < -0.4 is 11.2 Å². The molecule has 1 aliphatic rings. The third-order valence-corrected chi connectivity index (χ3v) is 2.78. The van der Waals surface area contributed by atoms with Crippen molar-refractivity contribution in [3.8, 4) is 0 Å². The van der Waals surface area contributed by atoms with E-state index in [9.17, 15) is 4.79 Å². The normalized spacial score (nSPS) is 17.9. The molecule has 3 N–H and O–H groups in total. The van der Waals surface area contributed by atoms with Crippen LogP contribution in [-0.2, 0) is 0 Å². The molecule has 0 aliphatic carbocycles. The zero-order valence-electron chi connectivity index (χ0n) is 9.89. The molecule has 1 aromatic heterocycles. The van der Waals surface area contributed by atoms with E-state index in [0.29, 0.717) is 11.4 Å². The fraction of sp³-hybridized carbons (Fsp3) is 0.455. The molecule has 1 aromatic rings. The number of aromatic nitrogens is 1. The van der Waals surface area contributed by atoms with Crippen molar-refractivity contribution in [3.63, 3.8) is 0 Å². The summed E-state index contributed by atoms with van der Waals surface area (Å²) in [5.41, 5.74) is 9.34. The number of likely N-dealkylation sites (N-methyl/N-ethyl adjacent to an activating group) is 1. The molecule has 0 saturated carbocycles. The van der Waals surface area contributed by atoms with Gasteiger partial charge in [0.05, 0.1) is 0 Å². The second-order valence-electron chi connectivity index (χ2n) is 4.21. The number of nitrogens with two attached hydrogens (primary N) is 1. The maximum absolute atomic E-state index is 11.9. The molecule has 1 fully saturated rings. The molecule has 6 heteroatoms. The van der Waals surface area contributed by atoms with E-state index in [1.807, 2.05) is 5.01 Å². The van der Waals surface area contributed by atoms with Crippen LogP contribution in [0.5, 0.6) is 0 Å².